The molecular weight excluding hydrogens is 440 g/mol. The third-order valence-electron chi connectivity index (χ3n) is 5.07. The van der Waals surface area contributed by atoms with E-state index in [4.69, 9.17) is 9.72 Å². The topological polar surface area (TPSA) is 106 Å². The summed E-state index contributed by atoms with van der Waals surface area (Å²) in [7, 11) is -2.08. The van der Waals surface area contributed by atoms with Crippen LogP contribution in [0.4, 0.5) is 10.8 Å². The lowest BCUT2D eigenvalue weighted by molar-refractivity contribution is -0.384. The highest BCUT2D eigenvalue weighted by Gasteiger charge is 2.29. The average molecular weight is 461 g/mol. The van der Waals surface area contributed by atoms with Gasteiger partial charge in [0.15, 0.2) is 5.13 Å². The van der Waals surface area contributed by atoms with Gasteiger partial charge in [-0.25, -0.2) is 13.4 Å². The van der Waals surface area contributed by atoms with Crippen LogP contribution in [0.15, 0.2) is 58.8 Å². The van der Waals surface area contributed by atoms with Crippen LogP contribution in [0.25, 0.3) is 11.3 Å². The zero-order valence-corrected chi connectivity index (χ0v) is 18.3. The number of nitro benzene ring substituents is 1. The fraction of sp³-hybridized carbons (Fsp3) is 0.250. The predicted molar refractivity (Wildman–Crippen MR) is 118 cm³/mol. The molecule has 0 unspecified atom stereocenters. The molecule has 1 aliphatic rings. The molecule has 4 rings (SSSR count). The lowest BCUT2D eigenvalue weighted by Gasteiger charge is -2.33. The molecule has 0 saturated carbocycles. The zero-order chi connectivity index (χ0) is 22.0. The van der Waals surface area contributed by atoms with Crippen LogP contribution >= 0.6 is 11.3 Å². The number of nitro groups is 1. The minimum atomic E-state index is -3.70. The summed E-state index contributed by atoms with van der Waals surface area (Å²) >= 11 is 1.52. The zero-order valence-electron chi connectivity index (χ0n) is 16.7. The van der Waals surface area contributed by atoms with Gasteiger partial charge in [0.2, 0.25) is 10.0 Å². The summed E-state index contributed by atoms with van der Waals surface area (Å²) in [5.74, 6) is 0.782. The molecule has 1 aliphatic heterocycles. The van der Waals surface area contributed by atoms with Crippen molar-refractivity contribution in [2.24, 2.45) is 0 Å². The average Bonchev–Trinajstić information content (AvgIpc) is 3.29. The number of benzene rings is 2. The Hall–Kier alpha value is -3.02. The van der Waals surface area contributed by atoms with Gasteiger partial charge >= 0.3 is 0 Å². The maximum absolute atomic E-state index is 12.9. The summed E-state index contributed by atoms with van der Waals surface area (Å²) in [4.78, 5) is 17.1. The van der Waals surface area contributed by atoms with Crippen LogP contribution in [0.2, 0.25) is 0 Å². The van der Waals surface area contributed by atoms with Gasteiger partial charge in [0.25, 0.3) is 5.69 Å². The number of sulfonamides is 1. The van der Waals surface area contributed by atoms with E-state index in [0.29, 0.717) is 26.2 Å². The van der Waals surface area contributed by atoms with Crippen LogP contribution in [0.5, 0.6) is 5.75 Å². The number of piperazine rings is 1. The highest BCUT2D eigenvalue weighted by molar-refractivity contribution is 7.89. The fourth-order valence-corrected chi connectivity index (χ4v) is 5.62. The maximum atomic E-state index is 12.9. The van der Waals surface area contributed by atoms with E-state index in [1.165, 1.54) is 39.9 Å². The van der Waals surface area contributed by atoms with Gasteiger partial charge in [0.05, 0.1) is 22.6 Å². The molecule has 1 fully saturated rings. The Kier molecular flexibility index (Phi) is 5.90. The van der Waals surface area contributed by atoms with E-state index >= 15 is 0 Å². The summed E-state index contributed by atoms with van der Waals surface area (Å²) in [5.41, 5.74) is 1.71. The monoisotopic (exact) mass is 460 g/mol. The van der Waals surface area contributed by atoms with Crippen molar-refractivity contribution in [2.75, 3.05) is 38.2 Å². The number of ether oxygens (including phenoxy) is 1. The van der Waals surface area contributed by atoms with Crippen molar-refractivity contribution < 1.29 is 18.1 Å². The van der Waals surface area contributed by atoms with E-state index < -0.39 is 14.9 Å². The van der Waals surface area contributed by atoms with Crippen molar-refractivity contribution in [3.8, 4) is 17.0 Å². The molecule has 3 aromatic rings. The van der Waals surface area contributed by atoms with E-state index in [9.17, 15) is 18.5 Å². The molecule has 0 bridgehead atoms. The van der Waals surface area contributed by atoms with Gasteiger partial charge in [0, 0.05) is 49.3 Å². The molecule has 0 radical (unpaired) electrons. The Bertz CT molecular complexity index is 1170. The third kappa shape index (κ3) is 4.38. The molecule has 2 aromatic carbocycles. The van der Waals surface area contributed by atoms with Crippen LogP contribution in [0, 0.1) is 10.1 Å². The summed E-state index contributed by atoms with van der Waals surface area (Å²) in [6.45, 7) is 1.66. The maximum Gasteiger partial charge on any atom is 0.269 e. The first-order valence-corrected chi connectivity index (χ1v) is 11.8. The van der Waals surface area contributed by atoms with Gasteiger partial charge in [-0.05, 0) is 36.4 Å². The molecule has 0 amide bonds. The second kappa shape index (κ2) is 8.61. The molecule has 162 valence electrons. The highest BCUT2D eigenvalue weighted by Crippen LogP contribution is 2.30. The SMILES string of the molecule is COc1ccc(-c2csc(N3CCN(S(=O)(=O)c4ccc([N+](=O)[O-])cc4)CC3)n2)cc1. The molecule has 0 N–H and O–H groups in total. The van der Waals surface area contributed by atoms with Gasteiger partial charge in [-0.1, -0.05) is 0 Å². The van der Waals surface area contributed by atoms with E-state index in [0.717, 1.165) is 22.1 Å². The Morgan fingerprint density at radius 1 is 1.03 bits per heavy atom. The number of hydrogen-bond donors (Lipinski definition) is 0. The van der Waals surface area contributed by atoms with Crippen LogP contribution in [0.1, 0.15) is 0 Å². The summed E-state index contributed by atoms with van der Waals surface area (Å²) < 4.78 is 32.3. The van der Waals surface area contributed by atoms with Crippen LogP contribution in [-0.2, 0) is 10.0 Å². The van der Waals surface area contributed by atoms with Crippen molar-refractivity contribution in [1.29, 1.82) is 0 Å². The molecule has 11 heteroatoms. The Balaban J connectivity index is 1.42. The number of non-ortho nitro benzene ring substituents is 1. The quantitative estimate of drug-likeness (QED) is 0.411. The highest BCUT2D eigenvalue weighted by atomic mass is 32.2. The normalized spacial score (nSPS) is 15.1. The lowest BCUT2D eigenvalue weighted by atomic mass is 10.2. The molecule has 0 spiro atoms. The first kappa shape index (κ1) is 21.2. The Morgan fingerprint density at radius 2 is 1.68 bits per heavy atom. The summed E-state index contributed by atoms with van der Waals surface area (Å²) in [5, 5.41) is 13.6. The van der Waals surface area contributed by atoms with Crippen molar-refractivity contribution in [3.05, 3.63) is 64.0 Å². The number of nitrogens with zero attached hydrogens (tertiary/aromatic N) is 4. The van der Waals surface area contributed by atoms with Gasteiger partial charge in [-0.2, -0.15) is 4.31 Å². The molecule has 0 aliphatic carbocycles. The van der Waals surface area contributed by atoms with Gasteiger partial charge in [0.1, 0.15) is 5.75 Å². The molecule has 2 heterocycles. The van der Waals surface area contributed by atoms with E-state index in [2.05, 4.69) is 4.90 Å². The van der Waals surface area contributed by atoms with Crippen molar-refractivity contribution in [2.45, 2.75) is 4.90 Å². The second-order valence-electron chi connectivity index (χ2n) is 6.89. The number of methoxy groups -OCH3 is 1. The summed E-state index contributed by atoms with van der Waals surface area (Å²) in [6, 6.07) is 12.6. The van der Waals surface area contributed by atoms with Gasteiger partial charge < -0.3 is 9.64 Å². The minimum absolute atomic E-state index is 0.0580. The van der Waals surface area contributed by atoms with E-state index in [-0.39, 0.29) is 10.6 Å². The number of hydrogen-bond acceptors (Lipinski definition) is 8. The number of thiazole rings is 1. The molecule has 1 saturated heterocycles. The van der Waals surface area contributed by atoms with Gasteiger partial charge in [-0.3, -0.25) is 10.1 Å². The van der Waals surface area contributed by atoms with Crippen LogP contribution in [-0.4, -0.2) is 55.9 Å². The first-order chi connectivity index (χ1) is 14.9. The van der Waals surface area contributed by atoms with Crippen molar-refractivity contribution >= 4 is 32.2 Å². The minimum Gasteiger partial charge on any atom is -0.497 e. The van der Waals surface area contributed by atoms with Crippen LogP contribution in [0.3, 0.4) is 0 Å². The predicted octanol–water partition coefficient (Wildman–Crippen LogP) is 3.24. The van der Waals surface area contributed by atoms with Gasteiger partial charge in [-0.15, -0.1) is 11.3 Å². The lowest BCUT2D eigenvalue weighted by Crippen LogP contribution is -2.48. The fourth-order valence-electron chi connectivity index (χ4n) is 3.31. The summed E-state index contributed by atoms with van der Waals surface area (Å²) in [6.07, 6.45) is 0. The Labute approximate surface area is 183 Å². The van der Waals surface area contributed by atoms with Crippen LogP contribution < -0.4 is 9.64 Å². The van der Waals surface area contributed by atoms with E-state index in [1.807, 2.05) is 29.6 Å². The second-order valence-corrected chi connectivity index (χ2v) is 9.66. The number of aromatic nitrogens is 1. The van der Waals surface area contributed by atoms with Crippen molar-refractivity contribution in [1.82, 2.24) is 9.29 Å². The standard InChI is InChI=1S/C20H20N4O5S2/c1-29-17-6-2-15(3-7-17)19-14-30-20(21-19)22-10-12-23(13-11-22)31(27,28)18-8-4-16(5-9-18)24(25)26/h2-9,14H,10-13H2,1H3. The molecular formula is C20H20N4O5S2. The van der Waals surface area contributed by atoms with Crippen molar-refractivity contribution in [3.63, 3.8) is 0 Å². The first-order valence-electron chi connectivity index (χ1n) is 9.48. The number of anilines is 1. The molecule has 31 heavy (non-hydrogen) atoms. The van der Waals surface area contributed by atoms with E-state index in [1.54, 1.807) is 7.11 Å². The molecule has 9 nitrogen and oxygen atoms in total. The number of rotatable bonds is 6. The smallest absolute Gasteiger partial charge is 0.269 e. The Morgan fingerprint density at radius 3 is 2.26 bits per heavy atom. The molecule has 1 aromatic heterocycles. The third-order valence-corrected chi connectivity index (χ3v) is 7.89. The largest absolute Gasteiger partial charge is 0.497 e. The molecule has 0 atom stereocenters.